The molecule has 0 amide bonds. The van der Waals surface area contributed by atoms with Crippen LogP contribution in [0.25, 0.3) is 0 Å². The van der Waals surface area contributed by atoms with Crippen LogP contribution in [-0.2, 0) is 4.74 Å². The van der Waals surface area contributed by atoms with Gasteiger partial charge >= 0.3 is 0 Å². The molecule has 1 aromatic rings. The first-order valence-electron chi connectivity index (χ1n) is 5.84. The Labute approximate surface area is 113 Å². The molecule has 1 heterocycles. The zero-order valence-electron chi connectivity index (χ0n) is 10.9. The molecule has 2 rings (SSSR count). The van der Waals surface area contributed by atoms with E-state index in [1.165, 1.54) is 0 Å². The van der Waals surface area contributed by atoms with E-state index in [0.29, 0.717) is 18.5 Å². The van der Waals surface area contributed by atoms with Gasteiger partial charge in [-0.2, -0.15) is 0 Å². The Balaban J connectivity index is 2.12. The molecule has 1 aliphatic heterocycles. The number of benzene rings is 1. The Bertz CT molecular complexity index is 448. The molecule has 1 fully saturated rings. The summed E-state index contributed by atoms with van der Waals surface area (Å²) >= 11 is 5.43. The molecule has 1 aromatic carbocycles. The molecule has 1 aliphatic rings. The Kier molecular flexibility index (Phi) is 3.73. The third-order valence-electron chi connectivity index (χ3n) is 3.00. The number of rotatable bonds is 2. The third-order valence-corrected chi connectivity index (χ3v) is 3.32. The highest BCUT2D eigenvalue weighted by atomic mass is 32.1. The fourth-order valence-electron chi connectivity index (χ4n) is 1.90. The van der Waals surface area contributed by atoms with E-state index < -0.39 is 0 Å². The first-order valence-corrected chi connectivity index (χ1v) is 6.25. The summed E-state index contributed by atoms with van der Waals surface area (Å²) in [6.45, 7) is 5.42. The molecule has 0 bridgehead atoms. The maximum absolute atomic E-state index is 5.45. The highest BCUT2D eigenvalue weighted by molar-refractivity contribution is 7.80. The molecule has 98 valence electrons. The molecule has 1 N–H and O–H groups in total. The van der Waals surface area contributed by atoms with Gasteiger partial charge in [0.2, 0.25) is 0 Å². The number of thiocarbonyl (C=S) groups is 1. The lowest BCUT2D eigenvalue weighted by Gasteiger charge is -2.31. The molecule has 5 heteroatoms. The number of methoxy groups -OCH3 is 1. The molecule has 0 unspecified atom stereocenters. The van der Waals surface area contributed by atoms with Gasteiger partial charge in [-0.25, -0.2) is 0 Å². The maximum atomic E-state index is 5.45. The van der Waals surface area contributed by atoms with Crippen LogP contribution >= 0.6 is 12.2 Å². The van der Waals surface area contributed by atoms with Gasteiger partial charge in [0, 0.05) is 0 Å². The van der Waals surface area contributed by atoms with Crippen LogP contribution in [0.1, 0.15) is 13.8 Å². The largest absolute Gasteiger partial charge is 0.495 e. The van der Waals surface area contributed by atoms with Gasteiger partial charge < -0.3 is 19.7 Å². The first-order chi connectivity index (χ1) is 8.54. The van der Waals surface area contributed by atoms with Crippen molar-refractivity contribution in [2.75, 3.05) is 25.8 Å². The smallest absolute Gasteiger partial charge is 0.175 e. The van der Waals surface area contributed by atoms with E-state index in [0.717, 1.165) is 11.4 Å². The van der Waals surface area contributed by atoms with Crippen molar-refractivity contribution in [2.45, 2.75) is 19.4 Å². The fraction of sp³-hybridized carbons (Fsp3) is 0.462. The molecule has 0 saturated carbocycles. The van der Waals surface area contributed by atoms with Gasteiger partial charge in [-0.15, -0.1) is 0 Å². The van der Waals surface area contributed by atoms with Crippen LogP contribution in [0.2, 0.25) is 0 Å². The molecular weight excluding hydrogens is 248 g/mol. The van der Waals surface area contributed by atoms with Crippen LogP contribution < -0.4 is 10.1 Å². The Morgan fingerprint density at radius 1 is 1.44 bits per heavy atom. The van der Waals surface area contributed by atoms with Gasteiger partial charge in [0.1, 0.15) is 12.5 Å². The topological polar surface area (TPSA) is 33.7 Å². The average Bonchev–Trinajstić information content (AvgIpc) is 2.69. The predicted molar refractivity (Wildman–Crippen MR) is 76.0 cm³/mol. The molecule has 1 saturated heterocycles. The van der Waals surface area contributed by atoms with Crippen LogP contribution in [0.4, 0.5) is 5.69 Å². The number of para-hydroxylation sites is 2. The van der Waals surface area contributed by atoms with Gasteiger partial charge in [-0.1, -0.05) is 12.1 Å². The molecule has 0 radical (unpaired) electrons. The summed E-state index contributed by atoms with van der Waals surface area (Å²) in [5.74, 6) is 0.776. The zero-order chi connectivity index (χ0) is 13.2. The lowest BCUT2D eigenvalue weighted by atomic mass is 10.1. The molecular formula is C13H18N2O2S. The van der Waals surface area contributed by atoms with Gasteiger partial charge in [0.05, 0.1) is 24.9 Å². The van der Waals surface area contributed by atoms with E-state index in [-0.39, 0.29) is 5.54 Å². The minimum Gasteiger partial charge on any atom is -0.495 e. The summed E-state index contributed by atoms with van der Waals surface area (Å²) in [5, 5.41) is 3.87. The second-order valence-corrected chi connectivity index (χ2v) is 5.24. The van der Waals surface area contributed by atoms with E-state index in [1.54, 1.807) is 7.11 Å². The zero-order valence-corrected chi connectivity index (χ0v) is 11.7. The van der Waals surface area contributed by atoms with E-state index in [1.807, 2.05) is 29.2 Å². The van der Waals surface area contributed by atoms with Gasteiger partial charge in [0.25, 0.3) is 0 Å². The second-order valence-electron chi connectivity index (χ2n) is 4.85. The fourth-order valence-corrected chi connectivity index (χ4v) is 2.31. The third kappa shape index (κ3) is 2.57. The quantitative estimate of drug-likeness (QED) is 0.832. The molecule has 4 nitrogen and oxygen atoms in total. The summed E-state index contributed by atoms with van der Waals surface area (Å²) in [7, 11) is 1.65. The molecule has 0 aliphatic carbocycles. The maximum Gasteiger partial charge on any atom is 0.175 e. The number of nitrogens with one attached hydrogen (secondary N) is 1. The van der Waals surface area contributed by atoms with Crippen molar-refractivity contribution in [2.24, 2.45) is 0 Å². The Morgan fingerprint density at radius 3 is 2.78 bits per heavy atom. The number of anilines is 1. The van der Waals surface area contributed by atoms with Crippen LogP contribution in [-0.4, -0.2) is 36.0 Å². The minimum absolute atomic E-state index is 0.0773. The van der Waals surface area contributed by atoms with E-state index >= 15 is 0 Å². The van der Waals surface area contributed by atoms with E-state index in [2.05, 4.69) is 19.2 Å². The Morgan fingerprint density at radius 2 is 2.17 bits per heavy atom. The van der Waals surface area contributed by atoms with Crippen molar-refractivity contribution in [1.82, 2.24) is 4.90 Å². The summed E-state index contributed by atoms with van der Waals surface area (Å²) in [6, 6.07) is 7.71. The standard InChI is InChI=1S/C13H18N2O2S/c1-13(2)8-17-9-15(13)12(18)14-10-6-4-5-7-11(10)16-3/h4-7H,8-9H2,1-3H3,(H,14,18). The van der Waals surface area contributed by atoms with Crippen molar-refractivity contribution >= 4 is 23.0 Å². The lowest BCUT2D eigenvalue weighted by molar-refractivity contribution is 0.169. The highest BCUT2D eigenvalue weighted by Gasteiger charge is 2.34. The SMILES string of the molecule is COc1ccccc1NC(=S)N1COCC1(C)C. The second kappa shape index (κ2) is 5.12. The summed E-state index contributed by atoms with van der Waals surface area (Å²) in [5.41, 5.74) is 0.791. The van der Waals surface area contributed by atoms with Gasteiger partial charge in [-0.3, -0.25) is 0 Å². The van der Waals surface area contributed by atoms with Crippen molar-refractivity contribution in [3.05, 3.63) is 24.3 Å². The predicted octanol–water partition coefficient (Wildman–Crippen LogP) is 2.46. The van der Waals surface area contributed by atoms with Crippen LogP contribution in [0, 0.1) is 0 Å². The average molecular weight is 266 g/mol. The van der Waals surface area contributed by atoms with Crippen molar-refractivity contribution < 1.29 is 9.47 Å². The van der Waals surface area contributed by atoms with Crippen molar-refractivity contribution in [3.63, 3.8) is 0 Å². The first kappa shape index (κ1) is 13.1. The monoisotopic (exact) mass is 266 g/mol. The molecule has 0 aromatic heterocycles. The van der Waals surface area contributed by atoms with E-state index in [4.69, 9.17) is 21.7 Å². The normalized spacial score (nSPS) is 17.6. The summed E-state index contributed by atoms with van der Waals surface area (Å²) in [4.78, 5) is 2.04. The summed E-state index contributed by atoms with van der Waals surface area (Å²) in [6.07, 6.45) is 0. The van der Waals surface area contributed by atoms with Crippen LogP contribution in [0.5, 0.6) is 5.75 Å². The van der Waals surface area contributed by atoms with Crippen molar-refractivity contribution in [3.8, 4) is 5.75 Å². The number of hydrogen-bond donors (Lipinski definition) is 1. The Hall–Kier alpha value is -1.33. The van der Waals surface area contributed by atoms with Crippen LogP contribution in [0.3, 0.4) is 0 Å². The number of hydrogen-bond acceptors (Lipinski definition) is 3. The van der Waals surface area contributed by atoms with E-state index in [9.17, 15) is 0 Å². The van der Waals surface area contributed by atoms with Crippen LogP contribution in [0.15, 0.2) is 24.3 Å². The summed E-state index contributed by atoms with van der Waals surface area (Å²) < 4.78 is 10.7. The van der Waals surface area contributed by atoms with Gasteiger partial charge in [-0.05, 0) is 38.2 Å². The molecule has 18 heavy (non-hydrogen) atoms. The lowest BCUT2D eigenvalue weighted by Crippen LogP contribution is -2.46. The number of ether oxygens (including phenoxy) is 2. The minimum atomic E-state index is -0.0773. The van der Waals surface area contributed by atoms with Crippen molar-refractivity contribution in [1.29, 1.82) is 0 Å². The molecule has 0 spiro atoms. The highest BCUT2D eigenvalue weighted by Crippen LogP contribution is 2.26. The molecule has 0 atom stereocenters. The number of nitrogens with zero attached hydrogens (tertiary/aromatic N) is 1. The van der Waals surface area contributed by atoms with Gasteiger partial charge in [0.15, 0.2) is 5.11 Å².